The molecule has 0 aliphatic carbocycles. The van der Waals surface area contributed by atoms with Crippen LogP contribution in [0.15, 0.2) is 116 Å². The van der Waals surface area contributed by atoms with E-state index in [1.54, 1.807) is 6.20 Å². The third-order valence-corrected chi connectivity index (χ3v) is 21.8. The Hall–Kier alpha value is -4.82. The van der Waals surface area contributed by atoms with E-state index < -0.39 is 22.9 Å². The molecule has 0 spiro atoms. The SMILES string of the molecule is CCOC(=O)CCCC/C=C(\c1ccc(OCc2ccc([C@H]3OC[C@@H](C/C=C\CCC(=O)O[Si](C)(C)C(C)(C)C)[C@@H](c4ccccc4O[Si](C)(C)C(C)(C)C)O3)cc2)cc1)c1cccnc1. The molecule has 0 amide bonds. The van der Waals surface area contributed by atoms with Crippen LogP contribution in [0.1, 0.15) is 134 Å². The van der Waals surface area contributed by atoms with Crippen molar-refractivity contribution in [2.75, 3.05) is 13.2 Å². The van der Waals surface area contributed by atoms with Gasteiger partial charge in [-0.25, -0.2) is 0 Å². The maximum atomic E-state index is 12.8. The van der Waals surface area contributed by atoms with Gasteiger partial charge >= 0.3 is 5.97 Å². The molecule has 356 valence electrons. The summed E-state index contributed by atoms with van der Waals surface area (Å²) in [6.45, 7) is 25.1. The maximum Gasteiger partial charge on any atom is 0.305 e. The number of para-hydroxylation sites is 1. The summed E-state index contributed by atoms with van der Waals surface area (Å²) in [6, 6.07) is 28.7. The van der Waals surface area contributed by atoms with Crippen molar-refractivity contribution in [2.45, 2.75) is 149 Å². The van der Waals surface area contributed by atoms with Gasteiger partial charge in [-0.2, -0.15) is 0 Å². The number of pyridine rings is 1. The fourth-order valence-electron chi connectivity index (χ4n) is 7.08. The van der Waals surface area contributed by atoms with Crippen molar-refractivity contribution in [2.24, 2.45) is 5.92 Å². The minimum Gasteiger partial charge on any atom is -0.543 e. The van der Waals surface area contributed by atoms with Crippen molar-refractivity contribution in [3.63, 3.8) is 0 Å². The average Bonchev–Trinajstić information content (AvgIpc) is 3.27. The number of allylic oxidation sites excluding steroid dienone is 3. The van der Waals surface area contributed by atoms with Crippen LogP contribution in [0.5, 0.6) is 11.5 Å². The van der Waals surface area contributed by atoms with Crippen molar-refractivity contribution < 1.29 is 37.4 Å². The van der Waals surface area contributed by atoms with Gasteiger partial charge in [-0.3, -0.25) is 14.6 Å². The van der Waals surface area contributed by atoms with E-state index >= 15 is 0 Å². The van der Waals surface area contributed by atoms with Crippen LogP contribution in [-0.4, -0.2) is 46.8 Å². The fourth-order valence-corrected chi connectivity index (χ4v) is 9.10. The fraction of sp³-hybridized carbons (Fsp3) is 0.473. The van der Waals surface area contributed by atoms with Crippen LogP contribution >= 0.6 is 0 Å². The number of benzene rings is 3. The zero-order chi connectivity index (χ0) is 48.0. The Morgan fingerprint density at radius 3 is 2.15 bits per heavy atom. The summed E-state index contributed by atoms with van der Waals surface area (Å²) in [6.07, 6.45) is 13.9. The number of hydrogen-bond donors (Lipinski definition) is 0. The molecular weight excluding hydrogens is 859 g/mol. The topological polar surface area (TPSA) is 102 Å². The van der Waals surface area contributed by atoms with Crippen LogP contribution in [0.25, 0.3) is 5.57 Å². The minimum atomic E-state index is -2.16. The molecular formula is C55H75NO8Si2. The molecule has 1 saturated heterocycles. The normalized spacial score (nSPS) is 17.4. The van der Waals surface area contributed by atoms with Crippen molar-refractivity contribution in [1.29, 1.82) is 0 Å². The molecule has 0 radical (unpaired) electrons. The number of aromatic nitrogens is 1. The van der Waals surface area contributed by atoms with Crippen molar-refractivity contribution in [3.8, 4) is 11.5 Å². The first-order valence-electron chi connectivity index (χ1n) is 23.8. The van der Waals surface area contributed by atoms with Gasteiger partial charge in [0.25, 0.3) is 14.3 Å². The molecule has 9 nitrogen and oxygen atoms in total. The smallest absolute Gasteiger partial charge is 0.305 e. The molecule has 3 atom stereocenters. The quantitative estimate of drug-likeness (QED) is 0.0350. The van der Waals surface area contributed by atoms with Crippen LogP contribution in [0.3, 0.4) is 0 Å². The number of hydrogen-bond acceptors (Lipinski definition) is 9. The van der Waals surface area contributed by atoms with E-state index in [0.717, 1.165) is 70.6 Å². The van der Waals surface area contributed by atoms with E-state index in [9.17, 15) is 9.59 Å². The van der Waals surface area contributed by atoms with Crippen LogP contribution in [0.4, 0.5) is 0 Å². The number of nitrogens with zero attached hydrogens (tertiary/aromatic N) is 1. The number of esters is 1. The Morgan fingerprint density at radius 2 is 1.48 bits per heavy atom. The molecule has 1 fully saturated rings. The van der Waals surface area contributed by atoms with Gasteiger partial charge in [-0.1, -0.05) is 120 Å². The lowest BCUT2D eigenvalue weighted by Crippen LogP contribution is -2.44. The van der Waals surface area contributed by atoms with Gasteiger partial charge in [-0.15, -0.1) is 0 Å². The number of carbonyl (C=O) groups is 2. The summed E-state index contributed by atoms with van der Waals surface area (Å²) in [5.41, 5.74) is 6.19. The molecule has 66 heavy (non-hydrogen) atoms. The van der Waals surface area contributed by atoms with E-state index in [1.165, 1.54) is 0 Å². The van der Waals surface area contributed by atoms with Crippen LogP contribution in [0, 0.1) is 5.92 Å². The second-order valence-electron chi connectivity index (χ2n) is 20.3. The van der Waals surface area contributed by atoms with E-state index in [2.05, 4.69) is 152 Å². The molecule has 1 aliphatic rings. The molecule has 1 aromatic heterocycles. The standard InChI is InChI=1S/C55H75NO8Si2/c1-12-59-50(57)27-17-14-16-24-47(44-23-21-37-56-38-44)42-33-35-46(36-34-42)60-39-41-29-31-43(32-30-41)53-61-40-45(22-15-13-18-28-51(58)64-66(10,11)55(5,6)7)52(62-53)48-25-19-20-26-49(48)63-65(8,9)54(2,3)4/h13,15,19-21,23-26,29-38,45,52-53H,12,14,16-18,22,27-28,39-40H2,1-11H3/b15-13-,47-24+/t45-,52+,53+/m1/s1. The lowest BCUT2D eigenvalue weighted by atomic mass is 9.91. The Labute approximate surface area is 397 Å². The van der Waals surface area contributed by atoms with Crippen LogP contribution in [-0.2, 0) is 34.8 Å². The zero-order valence-electron chi connectivity index (χ0n) is 41.5. The maximum absolute atomic E-state index is 12.8. The van der Waals surface area contributed by atoms with Gasteiger partial charge in [0.05, 0.1) is 19.3 Å². The van der Waals surface area contributed by atoms with E-state index in [-0.39, 0.29) is 34.0 Å². The molecule has 11 heteroatoms. The molecule has 1 aliphatic heterocycles. The number of ether oxygens (including phenoxy) is 4. The largest absolute Gasteiger partial charge is 0.543 e. The highest BCUT2D eigenvalue weighted by molar-refractivity contribution is 6.75. The Morgan fingerprint density at radius 1 is 0.773 bits per heavy atom. The Bertz CT molecular complexity index is 2210. The first kappa shape index (κ1) is 52.2. The molecule has 5 rings (SSSR count). The average molecular weight is 934 g/mol. The molecule has 0 N–H and O–H groups in total. The van der Waals surface area contributed by atoms with Gasteiger partial charge in [0.2, 0.25) is 8.32 Å². The molecule has 0 unspecified atom stereocenters. The highest BCUT2D eigenvalue weighted by atomic mass is 28.4. The molecule has 3 aromatic carbocycles. The highest BCUT2D eigenvalue weighted by Crippen LogP contribution is 2.45. The third-order valence-electron chi connectivity index (χ3n) is 13.1. The van der Waals surface area contributed by atoms with Crippen LogP contribution in [0.2, 0.25) is 36.3 Å². The van der Waals surface area contributed by atoms with E-state index in [4.69, 9.17) is 27.8 Å². The Kier molecular flexibility index (Phi) is 18.8. The summed E-state index contributed by atoms with van der Waals surface area (Å²) in [5.74, 6) is 1.39. The second kappa shape index (κ2) is 23.8. The van der Waals surface area contributed by atoms with Gasteiger partial charge in [0, 0.05) is 47.8 Å². The number of rotatable bonds is 21. The zero-order valence-corrected chi connectivity index (χ0v) is 43.5. The van der Waals surface area contributed by atoms with E-state index in [0.29, 0.717) is 39.1 Å². The van der Waals surface area contributed by atoms with Gasteiger partial charge in [0.1, 0.15) is 18.1 Å². The molecule has 0 saturated carbocycles. The van der Waals surface area contributed by atoms with Gasteiger partial charge in [-0.05, 0) is 116 Å². The van der Waals surface area contributed by atoms with Crippen molar-refractivity contribution in [3.05, 3.63) is 143 Å². The Balaban J connectivity index is 1.24. The lowest BCUT2D eigenvalue weighted by Gasteiger charge is -2.40. The van der Waals surface area contributed by atoms with Crippen molar-refractivity contribution in [1.82, 2.24) is 4.98 Å². The van der Waals surface area contributed by atoms with Gasteiger partial charge in [0.15, 0.2) is 6.29 Å². The third kappa shape index (κ3) is 15.1. The lowest BCUT2D eigenvalue weighted by molar-refractivity contribution is -0.244. The summed E-state index contributed by atoms with van der Waals surface area (Å²) < 4.78 is 37.7. The molecule has 0 bridgehead atoms. The number of unbranched alkanes of at least 4 members (excludes halogenated alkanes) is 2. The summed E-state index contributed by atoms with van der Waals surface area (Å²) in [7, 11) is -4.32. The summed E-state index contributed by atoms with van der Waals surface area (Å²) in [4.78, 5) is 28.9. The second-order valence-corrected chi connectivity index (χ2v) is 29.8. The summed E-state index contributed by atoms with van der Waals surface area (Å²) >= 11 is 0. The van der Waals surface area contributed by atoms with Gasteiger partial charge < -0.3 is 27.8 Å². The monoisotopic (exact) mass is 934 g/mol. The predicted molar refractivity (Wildman–Crippen MR) is 270 cm³/mol. The first-order chi connectivity index (χ1) is 31.3. The van der Waals surface area contributed by atoms with E-state index in [1.807, 2.05) is 37.4 Å². The van der Waals surface area contributed by atoms with Crippen molar-refractivity contribution >= 4 is 34.1 Å². The molecule has 2 heterocycles. The van der Waals surface area contributed by atoms with Crippen LogP contribution < -0.4 is 9.16 Å². The highest BCUT2D eigenvalue weighted by Gasteiger charge is 2.42. The molecule has 4 aromatic rings. The minimum absolute atomic E-state index is 0.0238. The predicted octanol–water partition coefficient (Wildman–Crippen LogP) is 14.3. The first-order valence-corrected chi connectivity index (χ1v) is 29.6. The number of carbonyl (C=O) groups excluding carboxylic acids is 2. The summed E-state index contributed by atoms with van der Waals surface area (Å²) in [5, 5.41) is 0.00195.